The van der Waals surface area contributed by atoms with E-state index in [1.54, 1.807) is 12.1 Å². The van der Waals surface area contributed by atoms with Crippen molar-refractivity contribution in [3.05, 3.63) is 42.6 Å². The van der Waals surface area contributed by atoms with Gasteiger partial charge >= 0.3 is 0 Å². The van der Waals surface area contributed by atoms with E-state index in [9.17, 15) is 9.59 Å². The highest BCUT2D eigenvalue weighted by atomic mass is 16.2. The molecule has 2 N–H and O–H groups in total. The average molecular weight is 190 g/mol. The second-order valence-electron chi connectivity index (χ2n) is 2.56. The zero-order valence-electron chi connectivity index (χ0n) is 7.49. The van der Waals surface area contributed by atoms with Crippen LogP contribution in [0.4, 0.5) is 5.69 Å². The number of rotatable bonds is 4. The third-order valence-electron chi connectivity index (χ3n) is 1.53. The summed E-state index contributed by atoms with van der Waals surface area (Å²) in [4.78, 5) is 21.0. The largest absolute Gasteiger partial charge is 0.352 e. The Balaban J connectivity index is 2.57. The number of imide groups is 1. The molecule has 1 aromatic rings. The van der Waals surface area contributed by atoms with E-state index in [2.05, 4.69) is 11.9 Å². The predicted molar refractivity (Wildman–Crippen MR) is 53.4 cm³/mol. The Morgan fingerprint density at radius 3 is 2.50 bits per heavy atom. The van der Waals surface area contributed by atoms with Crippen molar-refractivity contribution in [2.75, 3.05) is 5.32 Å². The van der Waals surface area contributed by atoms with Crippen LogP contribution in [0.5, 0.6) is 0 Å². The summed E-state index contributed by atoms with van der Waals surface area (Å²) in [5.41, 5.74) is 0.877. The molecular formula is C10H10N2O2. The lowest BCUT2D eigenvalue weighted by Gasteiger charge is -2.06. The number of nitrogens with one attached hydrogen (secondary N) is 2. The summed E-state index contributed by atoms with van der Waals surface area (Å²) in [6.45, 7) is 3.49. The maximum atomic E-state index is 11.0. The summed E-state index contributed by atoms with van der Waals surface area (Å²) in [6.07, 6.45) is 0.320. The summed E-state index contributed by atoms with van der Waals surface area (Å²) in [6, 6.07) is 9.10. The van der Waals surface area contributed by atoms with Crippen molar-refractivity contribution < 1.29 is 9.59 Å². The van der Waals surface area contributed by atoms with Gasteiger partial charge < -0.3 is 5.32 Å². The van der Waals surface area contributed by atoms with Gasteiger partial charge in [-0.15, -0.1) is 0 Å². The van der Waals surface area contributed by atoms with Gasteiger partial charge in [0.25, 0.3) is 5.91 Å². The van der Waals surface area contributed by atoms with Crippen LogP contribution in [0.1, 0.15) is 0 Å². The summed E-state index contributed by atoms with van der Waals surface area (Å²) in [5.74, 6) is -0.538. The zero-order chi connectivity index (χ0) is 10.4. The van der Waals surface area contributed by atoms with E-state index in [0.717, 1.165) is 5.69 Å². The second-order valence-corrected chi connectivity index (χ2v) is 2.56. The van der Waals surface area contributed by atoms with Gasteiger partial charge in [-0.25, -0.2) is 0 Å². The van der Waals surface area contributed by atoms with Crippen LogP contribution < -0.4 is 10.6 Å². The second kappa shape index (κ2) is 4.81. The molecule has 0 aliphatic rings. The molecule has 0 aliphatic carbocycles. The molecule has 0 radical (unpaired) electrons. The van der Waals surface area contributed by atoms with Crippen LogP contribution in [-0.2, 0) is 9.59 Å². The first-order valence-electron chi connectivity index (χ1n) is 3.99. The van der Waals surface area contributed by atoms with Crippen LogP contribution in [0, 0.1) is 0 Å². The Morgan fingerprint density at radius 2 is 1.93 bits per heavy atom. The lowest BCUT2D eigenvalue weighted by Crippen LogP contribution is -2.26. The maximum Gasteiger partial charge on any atom is 0.273 e. The normalized spacial score (nSPS) is 8.86. The first-order valence-corrected chi connectivity index (χ1v) is 3.99. The van der Waals surface area contributed by atoms with Crippen molar-refractivity contribution in [1.29, 1.82) is 0 Å². The molecule has 0 saturated heterocycles. The molecule has 0 bridgehead atoms. The number of carbonyl (C=O) groups is 2. The lowest BCUT2D eigenvalue weighted by molar-refractivity contribution is -0.122. The molecule has 0 heterocycles. The highest BCUT2D eigenvalue weighted by molar-refractivity contribution is 6.00. The standard InChI is InChI=1S/C10H10N2O2/c1-8(10(14)11-7-13)12-9-5-3-2-4-6-9/h2-7,12H,1H2,(H,11,13,14). The first kappa shape index (κ1) is 9.98. The summed E-state index contributed by atoms with van der Waals surface area (Å²) < 4.78 is 0. The molecule has 0 aliphatic heterocycles. The van der Waals surface area contributed by atoms with Crippen LogP contribution >= 0.6 is 0 Å². The number of amides is 2. The van der Waals surface area contributed by atoms with Crippen molar-refractivity contribution in [2.24, 2.45) is 0 Å². The van der Waals surface area contributed by atoms with Gasteiger partial charge in [0.2, 0.25) is 6.41 Å². The molecule has 2 amide bonds. The number of para-hydroxylation sites is 1. The third kappa shape index (κ3) is 2.75. The van der Waals surface area contributed by atoms with Crippen molar-refractivity contribution in [1.82, 2.24) is 5.32 Å². The van der Waals surface area contributed by atoms with E-state index in [-0.39, 0.29) is 5.70 Å². The van der Waals surface area contributed by atoms with Crippen LogP contribution in [0.2, 0.25) is 0 Å². The maximum absolute atomic E-state index is 11.0. The van der Waals surface area contributed by atoms with E-state index >= 15 is 0 Å². The topological polar surface area (TPSA) is 58.2 Å². The fraction of sp³-hybridized carbons (Fsp3) is 0. The predicted octanol–water partition coefficient (Wildman–Crippen LogP) is 0.885. The fourth-order valence-electron chi connectivity index (χ4n) is 0.893. The number of carbonyl (C=O) groups excluding carboxylic acids is 2. The van der Waals surface area contributed by atoms with Gasteiger partial charge in [-0.1, -0.05) is 24.8 Å². The van der Waals surface area contributed by atoms with Gasteiger partial charge in [0.1, 0.15) is 0 Å². The van der Waals surface area contributed by atoms with Gasteiger partial charge in [0, 0.05) is 5.69 Å². The Hall–Kier alpha value is -2.10. The fourth-order valence-corrected chi connectivity index (χ4v) is 0.893. The molecule has 0 spiro atoms. The van der Waals surface area contributed by atoms with Gasteiger partial charge in [0.15, 0.2) is 0 Å². The molecule has 0 aromatic heterocycles. The molecule has 1 aromatic carbocycles. The molecule has 72 valence electrons. The number of hydrogen-bond acceptors (Lipinski definition) is 3. The summed E-state index contributed by atoms with van der Waals surface area (Å²) in [7, 11) is 0. The molecule has 14 heavy (non-hydrogen) atoms. The molecule has 0 atom stereocenters. The zero-order valence-corrected chi connectivity index (χ0v) is 7.49. The highest BCUT2D eigenvalue weighted by Gasteiger charge is 2.04. The Kier molecular flexibility index (Phi) is 3.43. The third-order valence-corrected chi connectivity index (χ3v) is 1.53. The SMILES string of the molecule is C=C(Nc1ccccc1)C(=O)NC=O. The molecule has 0 saturated carbocycles. The van der Waals surface area contributed by atoms with Gasteiger partial charge in [-0.2, -0.15) is 0 Å². The monoisotopic (exact) mass is 190 g/mol. The number of anilines is 1. The van der Waals surface area contributed by atoms with Crippen LogP contribution in [-0.4, -0.2) is 12.3 Å². The van der Waals surface area contributed by atoms with E-state index in [1.165, 1.54) is 0 Å². The van der Waals surface area contributed by atoms with Gasteiger partial charge in [0.05, 0.1) is 5.70 Å². The molecular weight excluding hydrogens is 180 g/mol. The van der Waals surface area contributed by atoms with Gasteiger partial charge in [-0.3, -0.25) is 14.9 Å². The van der Waals surface area contributed by atoms with Crippen molar-refractivity contribution in [3.8, 4) is 0 Å². The summed E-state index contributed by atoms with van der Waals surface area (Å²) >= 11 is 0. The van der Waals surface area contributed by atoms with Crippen molar-refractivity contribution >= 4 is 18.0 Å². The lowest BCUT2D eigenvalue weighted by atomic mass is 10.3. The van der Waals surface area contributed by atoms with Gasteiger partial charge in [-0.05, 0) is 12.1 Å². The number of benzene rings is 1. The van der Waals surface area contributed by atoms with E-state index in [1.807, 2.05) is 23.5 Å². The minimum absolute atomic E-state index is 0.128. The molecule has 0 unspecified atom stereocenters. The van der Waals surface area contributed by atoms with E-state index < -0.39 is 5.91 Å². The molecule has 0 fully saturated rings. The summed E-state index contributed by atoms with van der Waals surface area (Å²) in [5, 5.41) is 4.75. The minimum atomic E-state index is -0.538. The Labute approximate surface area is 81.6 Å². The molecule has 4 nitrogen and oxygen atoms in total. The Bertz CT molecular complexity index is 346. The molecule has 4 heteroatoms. The quantitative estimate of drug-likeness (QED) is 0.547. The molecule has 1 rings (SSSR count). The first-order chi connectivity index (χ1) is 6.74. The smallest absolute Gasteiger partial charge is 0.273 e. The van der Waals surface area contributed by atoms with Crippen molar-refractivity contribution in [2.45, 2.75) is 0 Å². The highest BCUT2D eigenvalue weighted by Crippen LogP contribution is 2.07. The van der Waals surface area contributed by atoms with E-state index in [4.69, 9.17) is 0 Å². The minimum Gasteiger partial charge on any atom is -0.352 e. The van der Waals surface area contributed by atoms with E-state index in [0.29, 0.717) is 6.41 Å². The van der Waals surface area contributed by atoms with Crippen LogP contribution in [0.25, 0.3) is 0 Å². The number of hydrogen-bond donors (Lipinski definition) is 2. The van der Waals surface area contributed by atoms with Crippen LogP contribution in [0.3, 0.4) is 0 Å². The Morgan fingerprint density at radius 1 is 1.29 bits per heavy atom. The van der Waals surface area contributed by atoms with Crippen LogP contribution in [0.15, 0.2) is 42.6 Å². The van der Waals surface area contributed by atoms with Crippen molar-refractivity contribution in [3.63, 3.8) is 0 Å². The average Bonchev–Trinajstić information content (AvgIpc) is 2.19.